The molecule has 7 heteroatoms. The molecule has 0 spiro atoms. The van der Waals surface area contributed by atoms with Crippen molar-refractivity contribution in [3.05, 3.63) is 35.6 Å². The number of hydrogen-bond acceptors (Lipinski definition) is 3. The first-order chi connectivity index (χ1) is 12.7. The summed E-state index contributed by atoms with van der Waals surface area (Å²) in [6.07, 6.45) is 2.11. The Hall–Kier alpha value is -2.44. The van der Waals surface area contributed by atoms with Crippen molar-refractivity contribution in [3.8, 4) is 0 Å². The van der Waals surface area contributed by atoms with E-state index < -0.39 is 23.3 Å². The number of imide groups is 1. The number of benzene rings is 1. The Kier molecular flexibility index (Phi) is 6.57. The molecule has 1 aromatic rings. The molecule has 1 aliphatic heterocycles. The summed E-state index contributed by atoms with van der Waals surface area (Å²) in [6.45, 7) is 7.56. The molecule has 6 nitrogen and oxygen atoms in total. The van der Waals surface area contributed by atoms with Crippen LogP contribution in [-0.2, 0) is 15.1 Å². The Bertz CT molecular complexity index is 705. The number of carbonyl (C=O) groups excluding carboxylic acids is 3. The fraction of sp³-hybridized carbons (Fsp3) is 0.550. The summed E-state index contributed by atoms with van der Waals surface area (Å²) < 4.78 is 13.2. The van der Waals surface area contributed by atoms with Gasteiger partial charge in [-0.1, -0.05) is 32.9 Å². The molecule has 0 radical (unpaired) electrons. The van der Waals surface area contributed by atoms with Crippen molar-refractivity contribution in [2.75, 3.05) is 6.54 Å². The first-order valence-corrected chi connectivity index (χ1v) is 9.39. The van der Waals surface area contributed by atoms with Crippen molar-refractivity contribution in [2.24, 2.45) is 5.92 Å². The summed E-state index contributed by atoms with van der Waals surface area (Å²) in [7, 11) is 0. The third-order valence-corrected chi connectivity index (χ3v) is 4.93. The summed E-state index contributed by atoms with van der Waals surface area (Å²) >= 11 is 0. The fourth-order valence-corrected chi connectivity index (χ4v) is 3.26. The highest BCUT2D eigenvalue weighted by molar-refractivity contribution is 6.09. The van der Waals surface area contributed by atoms with Gasteiger partial charge in [0.1, 0.15) is 17.9 Å². The molecular formula is C20H28FN3O3. The maximum Gasteiger partial charge on any atom is 0.325 e. The quantitative estimate of drug-likeness (QED) is 0.684. The molecule has 27 heavy (non-hydrogen) atoms. The number of hydrogen-bond donors (Lipinski definition) is 2. The van der Waals surface area contributed by atoms with Crippen molar-refractivity contribution in [1.82, 2.24) is 15.5 Å². The molecule has 0 unspecified atom stereocenters. The second-order valence-electron chi connectivity index (χ2n) is 7.53. The molecule has 0 saturated carbocycles. The smallest absolute Gasteiger partial charge is 0.325 e. The number of carbonyl (C=O) groups is 3. The van der Waals surface area contributed by atoms with E-state index in [1.54, 1.807) is 6.92 Å². The van der Waals surface area contributed by atoms with Gasteiger partial charge in [0.2, 0.25) is 5.91 Å². The van der Waals surface area contributed by atoms with Gasteiger partial charge >= 0.3 is 6.03 Å². The Labute approximate surface area is 159 Å². The van der Waals surface area contributed by atoms with E-state index in [1.807, 2.05) is 6.92 Å². The molecule has 2 N–H and O–H groups in total. The number of amides is 4. The molecule has 1 saturated heterocycles. The van der Waals surface area contributed by atoms with Gasteiger partial charge in [-0.25, -0.2) is 9.18 Å². The van der Waals surface area contributed by atoms with Crippen LogP contribution >= 0.6 is 0 Å². The summed E-state index contributed by atoms with van der Waals surface area (Å²) in [5, 5.41) is 5.52. The highest BCUT2D eigenvalue weighted by Gasteiger charge is 2.51. The fourth-order valence-electron chi connectivity index (χ4n) is 3.26. The van der Waals surface area contributed by atoms with E-state index in [-0.39, 0.29) is 18.5 Å². The zero-order valence-corrected chi connectivity index (χ0v) is 16.3. The lowest BCUT2D eigenvalue weighted by Gasteiger charge is -2.25. The van der Waals surface area contributed by atoms with Gasteiger partial charge in [0.05, 0.1) is 0 Å². The maximum absolute atomic E-state index is 13.2. The molecule has 148 valence electrons. The van der Waals surface area contributed by atoms with Crippen LogP contribution in [0.1, 0.15) is 52.5 Å². The van der Waals surface area contributed by atoms with E-state index in [0.717, 1.165) is 17.7 Å². The lowest BCUT2D eigenvalue weighted by Crippen LogP contribution is -2.45. The number of halogens is 1. The van der Waals surface area contributed by atoms with Gasteiger partial charge in [0.25, 0.3) is 5.91 Å². The van der Waals surface area contributed by atoms with Crippen molar-refractivity contribution in [1.29, 1.82) is 0 Å². The molecule has 0 bridgehead atoms. The van der Waals surface area contributed by atoms with Gasteiger partial charge in [0.15, 0.2) is 0 Å². The van der Waals surface area contributed by atoms with Gasteiger partial charge in [0, 0.05) is 6.04 Å². The minimum absolute atomic E-state index is 0.0336. The van der Waals surface area contributed by atoms with Gasteiger partial charge in [-0.15, -0.1) is 0 Å². The number of rotatable bonds is 8. The minimum Gasteiger partial charge on any atom is -0.352 e. The second kappa shape index (κ2) is 8.50. The van der Waals surface area contributed by atoms with Crippen LogP contribution in [0.25, 0.3) is 0 Å². The molecular weight excluding hydrogens is 349 g/mol. The van der Waals surface area contributed by atoms with Crippen LogP contribution in [0.5, 0.6) is 0 Å². The minimum atomic E-state index is -1.27. The molecule has 1 aromatic carbocycles. The zero-order chi connectivity index (χ0) is 20.2. The highest BCUT2D eigenvalue weighted by atomic mass is 19.1. The van der Waals surface area contributed by atoms with Crippen molar-refractivity contribution >= 4 is 17.8 Å². The topological polar surface area (TPSA) is 78.5 Å². The summed E-state index contributed by atoms with van der Waals surface area (Å²) in [5.41, 5.74) is -0.771. The third kappa shape index (κ3) is 4.64. The van der Waals surface area contributed by atoms with Crippen LogP contribution in [0, 0.1) is 11.7 Å². The summed E-state index contributed by atoms with van der Waals surface area (Å²) in [6, 6.07) is 4.81. The maximum atomic E-state index is 13.2. The Morgan fingerprint density at radius 1 is 1.19 bits per heavy atom. The van der Waals surface area contributed by atoms with E-state index >= 15 is 0 Å². The largest absolute Gasteiger partial charge is 0.352 e. The number of urea groups is 1. The standard InChI is InChI=1S/C20H28FN3O3/c1-5-20(15-8-10-16(21)11-9-15)18(26)24(19(27)23-20)12-17(25)22-14(4)7-6-13(2)3/h8-11,13-14H,5-7,12H2,1-4H3,(H,22,25)(H,23,27)/t14-,20+/m1/s1. The SMILES string of the molecule is CC[C@@]1(c2ccc(F)cc2)NC(=O)N(CC(=O)N[C@H](C)CCC(C)C)C1=O. The Morgan fingerprint density at radius 3 is 2.37 bits per heavy atom. The van der Waals surface area contributed by atoms with E-state index in [1.165, 1.54) is 24.3 Å². The van der Waals surface area contributed by atoms with Crippen LogP contribution in [0.3, 0.4) is 0 Å². The van der Waals surface area contributed by atoms with Crippen molar-refractivity contribution < 1.29 is 18.8 Å². The molecule has 2 atom stereocenters. The molecule has 1 aliphatic rings. The van der Waals surface area contributed by atoms with Crippen LogP contribution in [0.15, 0.2) is 24.3 Å². The van der Waals surface area contributed by atoms with Crippen LogP contribution in [-0.4, -0.2) is 35.3 Å². The molecule has 1 heterocycles. The van der Waals surface area contributed by atoms with E-state index in [4.69, 9.17) is 0 Å². The van der Waals surface area contributed by atoms with Crippen molar-refractivity contribution in [3.63, 3.8) is 0 Å². The Balaban J connectivity index is 2.08. The van der Waals surface area contributed by atoms with Gasteiger partial charge < -0.3 is 10.6 Å². The zero-order valence-electron chi connectivity index (χ0n) is 16.3. The van der Waals surface area contributed by atoms with E-state index in [2.05, 4.69) is 24.5 Å². The lowest BCUT2D eigenvalue weighted by atomic mass is 9.87. The van der Waals surface area contributed by atoms with Gasteiger partial charge in [-0.2, -0.15) is 0 Å². The number of nitrogens with one attached hydrogen (secondary N) is 2. The molecule has 0 aliphatic carbocycles. The van der Waals surface area contributed by atoms with Crippen LogP contribution < -0.4 is 10.6 Å². The first kappa shape index (κ1) is 20.9. The number of nitrogens with zero attached hydrogens (tertiary/aromatic N) is 1. The lowest BCUT2D eigenvalue weighted by molar-refractivity contribution is -0.135. The average molecular weight is 377 g/mol. The molecule has 0 aromatic heterocycles. The summed E-state index contributed by atoms with van der Waals surface area (Å²) in [5.74, 6) is -0.753. The third-order valence-electron chi connectivity index (χ3n) is 4.93. The van der Waals surface area contributed by atoms with Crippen LogP contribution in [0.2, 0.25) is 0 Å². The highest BCUT2D eigenvalue weighted by Crippen LogP contribution is 2.32. The van der Waals surface area contributed by atoms with E-state index in [9.17, 15) is 18.8 Å². The van der Waals surface area contributed by atoms with E-state index in [0.29, 0.717) is 17.9 Å². The predicted molar refractivity (Wildman–Crippen MR) is 100 cm³/mol. The van der Waals surface area contributed by atoms with Gasteiger partial charge in [-0.3, -0.25) is 14.5 Å². The van der Waals surface area contributed by atoms with Crippen molar-refractivity contribution in [2.45, 2.75) is 58.5 Å². The van der Waals surface area contributed by atoms with Crippen LogP contribution in [0.4, 0.5) is 9.18 Å². The van der Waals surface area contributed by atoms with Gasteiger partial charge in [-0.05, 0) is 49.8 Å². The summed E-state index contributed by atoms with van der Waals surface area (Å²) in [4.78, 5) is 38.6. The monoisotopic (exact) mass is 377 g/mol. The average Bonchev–Trinajstić information content (AvgIpc) is 2.85. The first-order valence-electron chi connectivity index (χ1n) is 9.39. The second-order valence-corrected chi connectivity index (χ2v) is 7.53. The normalized spacial score (nSPS) is 20.7. The Morgan fingerprint density at radius 2 is 1.81 bits per heavy atom. The predicted octanol–water partition coefficient (Wildman–Crippen LogP) is 2.92. The molecule has 1 fully saturated rings. The molecule has 4 amide bonds. The molecule has 2 rings (SSSR count).